The number of rotatable bonds is 4. The van der Waals surface area contributed by atoms with Crippen LogP contribution in [-0.4, -0.2) is 11.4 Å². The van der Waals surface area contributed by atoms with Gasteiger partial charge in [0.1, 0.15) is 5.75 Å². The summed E-state index contributed by atoms with van der Waals surface area (Å²) in [5, 5.41) is 0. The zero-order valence-corrected chi connectivity index (χ0v) is 10.5. The Morgan fingerprint density at radius 2 is 2.07 bits per heavy atom. The highest BCUT2D eigenvalue weighted by atomic mass is 79.9. The van der Waals surface area contributed by atoms with Crippen LogP contribution in [-0.2, 0) is 0 Å². The summed E-state index contributed by atoms with van der Waals surface area (Å²) in [6.45, 7) is 7.10. The van der Waals surface area contributed by atoms with E-state index in [1.165, 1.54) is 5.56 Å². The number of halogens is 1. The van der Waals surface area contributed by atoms with Crippen molar-refractivity contribution in [3.05, 3.63) is 29.8 Å². The third-order valence-corrected chi connectivity index (χ3v) is 3.18. The van der Waals surface area contributed by atoms with Gasteiger partial charge in [-0.15, -0.1) is 0 Å². The van der Waals surface area contributed by atoms with Gasteiger partial charge in [-0.25, -0.2) is 0 Å². The first-order chi connectivity index (χ1) is 6.65. The highest BCUT2D eigenvalue weighted by Gasteiger charge is 2.11. The van der Waals surface area contributed by atoms with Crippen LogP contribution in [0.3, 0.4) is 0 Å². The van der Waals surface area contributed by atoms with Crippen LogP contribution in [0.15, 0.2) is 24.3 Å². The first-order valence-electron chi connectivity index (χ1n) is 5.02. The molecule has 0 spiro atoms. The van der Waals surface area contributed by atoms with E-state index in [0.717, 1.165) is 12.4 Å². The van der Waals surface area contributed by atoms with Crippen molar-refractivity contribution in [2.24, 2.45) is 0 Å². The zero-order valence-electron chi connectivity index (χ0n) is 8.96. The Morgan fingerprint density at radius 3 is 2.64 bits per heavy atom. The van der Waals surface area contributed by atoms with Crippen LogP contribution in [0.4, 0.5) is 0 Å². The van der Waals surface area contributed by atoms with Gasteiger partial charge in [-0.3, -0.25) is 0 Å². The van der Waals surface area contributed by atoms with Gasteiger partial charge in [-0.1, -0.05) is 41.9 Å². The molecule has 1 nitrogen and oxygen atoms in total. The number of alkyl halides is 1. The van der Waals surface area contributed by atoms with E-state index in [1.807, 2.05) is 19.1 Å². The molecule has 0 heterocycles. The van der Waals surface area contributed by atoms with Gasteiger partial charge in [0.25, 0.3) is 0 Å². The second-order valence-corrected chi connectivity index (χ2v) is 4.92. The van der Waals surface area contributed by atoms with Crippen molar-refractivity contribution in [2.75, 3.05) is 6.61 Å². The first kappa shape index (κ1) is 11.6. The lowest BCUT2D eigenvalue weighted by Gasteiger charge is -2.15. The monoisotopic (exact) mass is 256 g/mol. The summed E-state index contributed by atoms with van der Waals surface area (Å²) in [5.41, 5.74) is 1.32. The molecule has 2 atom stereocenters. The van der Waals surface area contributed by atoms with Gasteiger partial charge >= 0.3 is 0 Å². The van der Waals surface area contributed by atoms with E-state index in [2.05, 4.69) is 41.9 Å². The Balaban J connectivity index is 2.82. The molecular formula is C12H17BrO. The molecule has 0 radical (unpaired) electrons. The molecule has 0 aliphatic carbocycles. The number of hydrogen-bond donors (Lipinski definition) is 0. The van der Waals surface area contributed by atoms with Crippen LogP contribution in [0.2, 0.25) is 0 Å². The largest absolute Gasteiger partial charge is 0.494 e. The number of hydrogen-bond acceptors (Lipinski definition) is 1. The van der Waals surface area contributed by atoms with Crippen LogP contribution in [0, 0.1) is 0 Å². The fraction of sp³-hybridized carbons (Fsp3) is 0.500. The van der Waals surface area contributed by atoms with E-state index < -0.39 is 0 Å². The summed E-state index contributed by atoms with van der Waals surface area (Å²) in [6.07, 6.45) is 0. The quantitative estimate of drug-likeness (QED) is 0.741. The standard InChI is InChI=1S/C12H17BrO/c1-4-14-12-7-5-6-11(8-12)9(2)10(3)13/h5-10H,4H2,1-3H3. The van der Waals surface area contributed by atoms with Crippen LogP contribution >= 0.6 is 15.9 Å². The van der Waals surface area contributed by atoms with Crippen molar-refractivity contribution in [1.82, 2.24) is 0 Å². The summed E-state index contributed by atoms with van der Waals surface area (Å²) in [7, 11) is 0. The summed E-state index contributed by atoms with van der Waals surface area (Å²) < 4.78 is 5.46. The minimum Gasteiger partial charge on any atom is -0.494 e. The maximum atomic E-state index is 5.46. The van der Waals surface area contributed by atoms with Gasteiger partial charge in [-0.2, -0.15) is 0 Å². The summed E-state index contributed by atoms with van der Waals surface area (Å²) in [6, 6.07) is 8.31. The van der Waals surface area contributed by atoms with Crippen molar-refractivity contribution in [3.8, 4) is 5.75 Å². The maximum absolute atomic E-state index is 5.46. The Labute approximate surface area is 94.6 Å². The maximum Gasteiger partial charge on any atom is 0.119 e. The topological polar surface area (TPSA) is 9.23 Å². The normalized spacial score (nSPS) is 14.9. The van der Waals surface area contributed by atoms with Crippen molar-refractivity contribution >= 4 is 15.9 Å². The van der Waals surface area contributed by atoms with Crippen molar-refractivity contribution < 1.29 is 4.74 Å². The molecule has 0 fully saturated rings. The Kier molecular flexibility index (Phi) is 4.46. The van der Waals surface area contributed by atoms with Crippen LogP contribution in [0.5, 0.6) is 5.75 Å². The van der Waals surface area contributed by atoms with E-state index in [-0.39, 0.29) is 0 Å². The molecule has 1 aromatic carbocycles. The fourth-order valence-electron chi connectivity index (χ4n) is 1.32. The summed E-state index contributed by atoms with van der Waals surface area (Å²) in [5.74, 6) is 1.47. The van der Waals surface area contributed by atoms with Crippen LogP contribution < -0.4 is 4.74 Å². The highest BCUT2D eigenvalue weighted by molar-refractivity contribution is 9.09. The van der Waals surface area contributed by atoms with E-state index in [0.29, 0.717) is 10.7 Å². The lowest BCUT2D eigenvalue weighted by molar-refractivity contribution is 0.339. The number of benzene rings is 1. The molecule has 2 heteroatoms. The second kappa shape index (κ2) is 5.40. The lowest BCUT2D eigenvalue weighted by Crippen LogP contribution is -2.04. The average Bonchev–Trinajstić information content (AvgIpc) is 2.17. The van der Waals surface area contributed by atoms with Gasteiger partial charge in [0.2, 0.25) is 0 Å². The molecule has 0 amide bonds. The summed E-state index contributed by atoms with van der Waals surface area (Å²) in [4.78, 5) is 0.486. The van der Waals surface area contributed by atoms with E-state index in [1.54, 1.807) is 0 Å². The molecule has 0 aliphatic heterocycles. The molecule has 0 bridgehead atoms. The molecule has 0 N–H and O–H groups in total. The SMILES string of the molecule is CCOc1cccc(C(C)C(C)Br)c1. The fourth-order valence-corrected chi connectivity index (χ4v) is 1.62. The molecule has 14 heavy (non-hydrogen) atoms. The van der Waals surface area contributed by atoms with Gasteiger partial charge < -0.3 is 4.74 Å². The molecule has 78 valence electrons. The molecular weight excluding hydrogens is 240 g/mol. The van der Waals surface area contributed by atoms with Crippen molar-refractivity contribution in [3.63, 3.8) is 0 Å². The molecule has 2 unspecified atom stereocenters. The van der Waals surface area contributed by atoms with E-state index >= 15 is 0 Å². The van der Waals surface area contributed by atoms with Gasteiger partial charge in [0.05, 0.1) is 6.61 Å². The molecule has 0 saturated carbocycles. The smallest absolute Gasteiger partial charge is 0.119 e. The van der Waals surface area contributed by atoms with Gasteiger partial charge in [0, 0.05) is 4.83 Å². The van der Waals surface area contributed by atoms with Gasteiger partial charge in [-0.05, 0) is 30.5 Å². The third-order valence-electron chi connectivity index (χ3n) is 2.38. The molecule has 0 saturated heterocycles. The summed E-state index contributed by atoms with van der Waals surface area (Å²) >= 11 is 3.60. The third kappa shape index (κ3) is 3.02. The highest BCUT2D eigenvalue weighted by Crippen LogP contribution is 2.26. The van der Waals surface area contributed by atoms with E-state index in [4.69, 9.17) is 4.74 Å². The van der Waals surface area contributed by atoms with Gasteiger partial charge in [0.15, 0.2) is 0 Å². The van der Waals surface area contributed by atoms with E-state index in [9.17, 15) is 0 Å². The first-order valence-corrected chi connectivity index (χ1v) is 5.93. The Morgan fingerprint density at radius 1 is 1.36 bits per heavy atom. The zero-order chi connectivity index (χ0) is 10.6. The van der Waals surface area contributed by atoms with Crippen LogP contribution in [0.25, 0.3) is 0 Å². The molecule has 1 rings (SSSR count). The average molecular weight is 257 g/mol. The minimum absolute atomic E-state index is 0.486. The van der Waals surface area contributed by atoms with Crippen molar-refractivity contribution in [2.45, 2.75) is 31.5 Å². The Hall–Kier alpha value is -0.500. The Bertz CT molecular complexity index is 283. The molecule has 1 aromatic rings. The molecule has 0 aliphatic rings. The number of ether oxygens (including phenoxy) is 1. The predicted octanol–water partition coefficient (Wildman–Crippen LogP) is 3.97. The predicted molar refractivity (Wildman–Crippen MR) is 64.4 cm³/mol. The van der Waals surface area contributed by atoms with Crippen LogP contribution in [0.1, 0.15) is 32.3 Å². The molecule has 0 aromatic heterocycles. The lowest BCUT2D eigenvalue weighted by atomic mass is 9.98. The second-order valence-electron chi connectivity index (χ2n) is 3.47. The minimum atomic E-state index is 0.486. The van der Waals surface area contributed by atoms with Crippen molar-refractivity contribution in [1.29, 1.82) is 0 Å².